The maximum Gasteiger partial charge on any atom is 0.442 e. The van der Waals surface area contributed by atoms with Crippen LogP contribution in [0.1, 0.15) is 5.56 Å². The van der Waals surface area contributed by atoms with E-state index in [4.69, 9.17) is 0 Å². The summed E-state index contributed by atoms with van der Waals surface area (Å²) in [5, 5.41) is 7.99. The highest BCUT2D eigenvalue weighted by atomic mass is 32.2. The molecule has 1 aliphatic rings. The number of rotatable bonds is 3. The average Bonchev–Trinajstić information content (AvgIpc) is 3.19. The van der Waals surface area contributed by atoms with Gasteiger partial charge < -0.3 is 5.32 Å². The molecule has 1 aliphatic heterocycles. The van der Waals surface area contributed by atoms with Crippen LogP contribution >= 0.6 is 0 Å². The van der Waals surface area contributed by atoms with Gasteiger partial charge in [-0.25, -0.2) is 17.9 Å². The van der Waals surface area contributed by atoms with E-state index in [1.54, 1.807) is 4.72 Å². The molecule has 1 aromatic carbocycles. The monoisotopic (exact) mass is 322 g/mol. The number of carbonyl (C=O) groups is 1. The number of nitrogens with one attached hydrogen (secondary N) is 2. The van der Waals surface area contributed by atoms with Gasteiger partial charge in [-0.1, -0.05) is 12.1 Å². The van der Waals surface area contributed by atoms with Gasteiger partial charge in [0, 0.05) is 12.6 Å². The first-order valence-corrected chi connectivity index (χ1v) is 6.96. The van der Waals surface area contributed by atoms with Crippen molar-refractivity contribution in [1.29, 1.82) is 0 Å². The summed E-state index contributed by atoms with van der Waals surface area (Å²) in [7, 11) is -3.09. The molecule has 0 spiro atoms. The van der Waals surface area contributed by atoms with Gasteiger partial charge in [-0.2, -0.15) is 13.2 Å². The minimum Gasteiger partial charge on any atom is -0.340 e. The lowest BCUT2D eigenvalue weighted by Crippen LogP contribution is -2.37. The summed E-state index contributed by atoms with van der Waals surface area (Å²) in [5.74, 6) is 0. The van der Waals surface area contributed by atoms with Crippen molar-refractivity contribution in [2.75, 3.05) is 7.05 Å². The topological polar surface area (TPSA) is 100.0 Å². The van der Waals surface area contributed by atoms with Crippen LogP contribution in [0.5, 0.6) is 0 Å². The first-order chi connectivity index (χ1) is 9.62. The molecule has 1 heterocycles. The summed E-state index contributed by atoms with van der Waals surface area (Å²) in [5.41, 5.74) is -3.15. The standard InChI is InChI=1S/C10H9F3N4O3S/c1-14-8(18)15-21(19,20)7-4-2-3-6(5-7)9(16-17-9)10(11,12)13/h2-5H,1H3,(H2,14,15,18). The molecular weight excluding hydrogens is 313 g/mol. The van der Waals surface area contributed by atoms with Gasteiger partial charge in [0.2, 0.25) is 0 Å². The highest BCUT2D eigenvalue weighted by molar-refractivity contribution is 7.90. The molecular formula is C10H9F3N4O3S. The van der Waals surface area contributed by atoms with E-state index in [0.29, 0.717) is 0 Å². The summed E-state index contributed by atoms with van der Waals surface area (Å²) in [6, 6.07) is 3.00. The second kappa shape index (κ2) is 4.69. The summed E-state index contributed by atoms with van der Waals surface area (Å²) < 4.78 is 63.9. The number of carbonyl (C=O) groups excluding carboxylic acids is 1. The van der Waals surface area contributed by atoms with Crippen LogP contribution < -0.4 is 10.0 Å². The number of benzene rings is 1. The van der Waals surface area contributed by atoms with Crippen molar-refractivity contribution in [3.63, 3.8) is 0 Å². The number of amides is 2. The van der Waals surface area contributed by atoms with Crippen LogP contribution in [0.15, 0.2) is 39.4 Å². The largest absolute Gasteiger partial charge is 0.442 e. The molecule has 2 amide bonds. The van der Waals surface area contributed by atoms with Gasteiger partial charge in [0.25, 0.3) is 10.0 Å². The van der Waals surface area contributed by atoms with Gasteiger partial charge in [-0.15, -0.1) is 10.2 Å². The molecule has 2 N–H and O–H groups in total. The third kappa shape index (κ3) is 2.68. The van der Waals surface area contributed by atoms with Crippen LogP contribution in [-0.4, -0.2) is 27.7 Å². The Kier molecular flexibility index (Phi) is 3.40. The van der Waals surface area contributed by atoms with Crippen molar-refractivity contribution >= 4 is 16.1 Å². The van der Waals surface area contributed by atoms with Crippen molar-refractivity contribution < 1.29 is 26.4 Å². The molecule has 0 radical (unpaired) electrons. The number of sulfonamides is 1. The van der Waals surface area contributed by atoms with Crippen molar-refractivity contribution in [2.45, 2.75) is 16.7 Å². The zero-order chi connectivity index (χ0) is 15.9. The minimum absolute atomic E-state index is 0.435. The van der Waals surface area contributed by atoms with E-state index >= 15 is 0 Å². The van der Waals surface area contributed by atoms with Gasteiger partial charge in [-0.05, 0) is 12.1 Å². The van der Waals surface area contributed by atoms with E-state index < -0.39 is 38.4 Å². The van der Waals surface area contributed by atoms with Crippen LogP contribution in [0.4, 0.5) is 18.0 Å². The Balaban J connectivity index is 2.38. The van der Waals surface area contributed by atoms with Gasteiger partial charge in [-0.3, -0.25) is 0 Å². The molecule has 21 heavy (non-hydrogen) atoms. The number of urea groups is 1. The predicted molar refractivity (Wildman–Crippen MR) is 63.8 cm³/mol. The molecule has 11 heteroatoms. The molecule has 2 rings (SSSR count). The Hall–Kier alpha value is -2.17. The molecule has 0 bridgehead atoms. The van der Waals surface area contributed by atoms with Crippen molar-refractivity contribution in [2.24, 2.45) is 10.2 Å². The summed E-state index contributed by atoms with van der Waals surface area (Å²) in [6.07, 6.45) is -4.76. The van der Waals surface area contributed by atoms with E-state index in [1.807, 2.05) is 5.32 Å². The summed E-state index contributed by atoms with van der Waals surface area (Å²) in [6.45, 7) is 0. The maximum atomic E-state index is 12.9. The second-order valence-corrected chi connectivity index (χ2v) is 5.76. The lowest BCUT2D eigenvalue weighted by molar-refractivity contribution is -0.166. The SMILES string of the molecule is CNC(=O)NS(=O)(=O)c1cccc(C2(C(F)(F)F)N=N2)c1. The van der Waals surface area contributed by atoms with E-state index in [0.717, 1.165) is 24.3 Å². The fourth-order valence-electron chi connectivity index (χ4n) is 1.55. The lowest BCUT2D eigenvalue weighted by atomic mass is 10.0. The van der Waals surface area contributed by atoms with Crippen LogP contribution in [-0.2, 0) is 15.7 Å². The zero-order valence-electron chi connectivity index (χ0n) is 10.5. The third-order valence-electron chi connectivity index (χ3n) is 2.70. The molecule has 0 atom stereocenters. The number of hydrogen-bond acceptors (Lipinski definition) is 5. The fraction of sp³-hybridized carbons (Fsp3) is 0.300. The maximum absolute atomic E-state index is 12.9. The highest BCUT2D eigenvalue weighted by Gasteiger charge is 2.65. The Morgan fingerprint density at radius 1 is 1.29 bits per heavy atom. The average molecular weight is 322 g/mol. The zero-order valence-corrected chi connectivity index (χ0v) is 11.3. The van der Waals surface area contributed by atoms with Crippen molar-refractivity contribution in [1.82, 2.24) is 10.0 Å². The number of nitrogens with zero attached hydrogens (tertiary/aromatic N) is 2. The molecule has 0 aliphatic carbocycles. The number of hydrogen-bond donors (Lipinski definition) is 2. The van der Waals surface area contributed by atoms with Crippen LogP contribution in [0.3, 0.4) is 0 Å². The molecule has 0 saturated carbocycles. The lowest BCUT2D eigenvalue weighted by Gasteiger charge is -2.15. The molecule has 114 valence electrons. The number of alkyl halides is 3. The molecule has 7 nitrogen and oxygen atoms in total. The highest BCUT2D eigenvalue weighted by Crippen LogP contribution is 2.52. The Morgan fingerprint density at radius 3 is 2.38 bits per heavy atom. The predicted octanol–water partition coefficient (Wildman–Crippen LogP) is 1.49. The summed E-state index contributed by atoms with van der Waals surface area (Å²) >= 11 is 0. The van der Waals surface area contributed by atoms with Crippen LogP contribution in [0.25, 0.3) is 0 Å². The first kappa shape index (κ1) is 15.2. The molecule has 0 fully saturated rings. The Labute approximate surface area is 117 Å². The Morgan fingerprint density at radius 2 is 1.90 bits per heavy atom. The second-order valence-electron chi connectivity index (χ2n) is 4.08. The van der Waals surface area contributed by atoms with Gasteiger partial charge >= 0.3 is 17.9 Å². The molecule has 1 aromatic rings. The molecule has 0 saturated heterocycles. The molecule has 0 aromatic heterocycles. The third-order valence-corrected chi connectivity index (χ3v) is 4.02. The number of halogens is 3. The first-order valence-electron chi connectivity index (χ1n) is 5.48. The van der Waals surface area contributed by atoms with E-state index in [9.17, 15) is 26.4 Å². The summed E-state index contributed by atoms with van der Waals surface area (Å²) in [4.78, 5) is 10.5. The van der Waals surface area contributed by atoms with Gasteiger partial charge in [0.15, 0.2) is 0 Å². The molecule has 0 unspecified atom stereocenters. The van der Waals surface area contributed by atoms with Crippen molar-refractivity contribution in [3.05, 3.63) is 29.8 Å². The fourth-order valence-corrected chi connectivity index (χ4v) is 2.56. The van der Waals surface area contributed by atoms with E-state index in [-0.39, 0.29) is 0 Å². The smallest absolute Gasteiger partial charge is 0.340 e. The van der Waals surface area contributed by atoms with Crippen LogP contribution in [0.2, 0.25) is 0 Å². The van der Waals surface area contributed by atoms with Gasteiger partial charge in [0.1, 0.15) is 0 Å². The normalized spacial score (nSPS) is 16.4. The van der Waals surface area contributed by atoms with Crippen LogP contribution in [0, 0.1) is 0 Å². The van der Waals surface area contributed by atoms with Crippen molar-refractivity contribution in [3.8, 4) is 0 Å². The minimum atomic E-state index is -4.76. The quantitative estimate of drug-likeness (QED) is 0.881. The van der Waals surface area contributed by atoms with E-state index in [1.165, 1.54) is 7.05 Å². The Bertz CT molecular complexity index is 709. The van der Waals surface area contributed by atoms with E-state index in [2.05, 4.69) is 10.2 Å². The van der Waals surface area contributed by atoms with Gasteiger partial charge in [0.05, 0.1) is 4.90 Å².